The Morgan fingerprint density at radius 2 is 1.54 bits per heavy atom. The Balaban J connectivity index is 2.28. The molecule has 0 atom stereocenters. The molecule has 0 aliphatic heterocycles. The van der Waals surface area contributed by atoms with Crippen molar-refractivity contribution in [3.63, 3.8) is 0 Å². The fraction of sp³-hybridized carbons (Fsp3) is 0.250. The molecule has 0 N–H and O–H groups in total. The molecule has 1 aromatic heterocycles. The summed E-state index contributed by atoms with van der Waals surface area (Å²) in [5.74, 6) is 1.96. The van der Waals surface area contributed by atoms with Crippen molar-refractivity contribution < 1.29 is 9.15 Å². The van der Waals surface area contributed by atoms with Gasteiger partial charge in [-0.05, 0) is 49.2 Å². The van der Waals surface area contributed by atoms with Gasteiger partial charge in [0.25, 0.3) is 0 Å². The summed E-state index contributed by atoms with van der Waals surface area (Å²) in [6, 6.07) is 11.6. The largest absolute Gasteiger partial charge is 0.496 e. The third kappa shape index (κ3) is 2.64. The van der Waals surface area contributed by atoms with Crippen LogP contribution >= 0.6 is 0 Å². The van der Waals surface area contributed by atoms with E-state index in [1.807, 2.05) is 63.2 Å². The van der Waals surface area contributed by atoms with Gasteiger partial charge in [0.15, 0.2) is 5.43 Å². The summed E-state index contributed by atoms with van der Waals surface area (Å²) in [7, 11) is 5.61. The number of benzene rings is 1. The average Bonchev–Trinajstić information content (AvgIpc) is 2.76. The van der Waals surface area contributed by atoms with Crippen molar-refractivity contribution >= 4 is 16.5 Å². The summed E-state index contributed by atoms with van der Waals surface area (Å²) >= 11 is 0. The van der Waals surface area contributed by atoms with Crippen molar-refractivity contribution in [2.45, 2.75) is 13.8 Å². The van der Waals surface area contributed by atoms with Gasteiger partial charge in [-0.1, -0.05) is 12.1 Å². The molecule has 24 heavy (non-hydrogen) atoms. The van der Waals surface area contributed by atoms with E-state index in [9.17, 15) is 4.79 Å². The lowest BCUT2D eigenvalue weighted by Gasteiger charge is -2.12. The number of fused-ring (bicyclic) bond motifs is 1. The second-order valence-corrected chi connectivity index (χ2v) is 6.08. The van der Waals surface area contributed by atoms with Crippen LogP contribution in [-0.4, -0.2) is 21.2 Å². The molecule has 0 aliphatic rings. The Labute approximate surface area is 141 Å². The van der Waals surface area contributed by atoms with E-state index in [-0.39, 0.29) is 5.43 Å². The van der Waals surface area contributed by atoms with Gasteiger partial charge in [0, 0.05) is 19.8 Å². The molecule has 0 radical (unpaired) electrons. The summed E-state index contributed by atoms with van der Waals surface area (Å²) in [5, 5.41) is 1.33. The molecular formula is C20H21NO3. The van der Waals surface area contributed by atoms with Crippen LogP contribution in [0.15, 0.2) is 45.6 Å². The fourth-order valence-corrected chi connectivity index (χ4v) is 3.03. The third-order valence-electron chi connectivity index (χ3n) is 4.26. The minimum atomic E-state index is -0.0608. The minimum Gasteiger partial charge on any atom is -0.496 e. The maximum absolute atomic E-state index is 12.7. The standard InChI is InChI=1S/C20H21NO3/c1-12-19-17(22)10-15(11-18(23-5)20(19)13(2)24-12)14-6-8-16(9-7-14)21(3)4/h6-11H,1-5H3. The monoisotopic (exact) mass is 323 g/mol. The minimum absolute atomic E-state index is 0.0608. The molecule has 0 fully saturated rings. The number of anilines is 1. The van der Waals surface area contributed by atoms with Crippen molar-refractivity contribution in [2.75, 3.05) is 26.1 Å². The highest BCUT2D eigenvalue weighted by molar-refractivity contribution is 5.92. The van der Waals surface area contributed by atoms with Gasteiger partial charge >= 0.3 is 0 Å². The van der Waals surface area contributed by atoms with Crippen LogP contribution in [0.5, 0.6) is 5.75 Å². The molecule has 0 amide bonds. The molecule has 4 nitrogen and oxygen atoms in total. The highest BCUT2D eigenvalue weighted by atomic mass is 16.5. The van der Waals surface area contributed by atoms with Crippen molar-refractivity contribution in [1.82, 2.24) is 0 Å². The third-order valence-corrected chi connectivity index (χ3v) is 4.26. The Morgan fingerprint density at radius 1 is 0.917 bits per heavy atom. The molecule has 2 aromatic carbocycles. The predicted molar refractivity (Wildman–Crippen MR) is 98.3 cm³/mol. The summed E-state index contributed by atoms with van der Waals surface area (Å²) in [4.78, 5) is 14.8. The first-order valence-corrected chi connectivity index (χ1v) is 7.82. The second kappa shape index (κ2) is 6.04. The topological polar surface area (TPSA) is 42.7 Å². The van der Waals surface area contributed by atoms with E-state index in [0.717, 1.165) is 22.2 Å². The Morgan fingerprint density at radius 3 is 2.12 bits per heavy atom. The average molecular weight is 323 g/mol. The quantitative estimate of drug-likeness (QED) is 0.726. The van der Waals surface area contributed by atoms with Gasteiger partial charge < -0.3 is 14.1 Å². The number of nitrogens with zero attached hydrogens (tertiary/aromatic N) is 1. The van der Waals surface area contributed by atoms with Crippen LogP contribution in [0.4, 0.5) is 5.69 Å². The molecule has 3 rings (SSSR count). The lowest BCUT2D eigenvalue weighted by atomic mass is 10.1. The summed E-state index contributed by atoms with van der Waals surface area (Å²) in [6.07, 6.45) is 0. The van der Waals surface area contributed by atoms with Gasteiger partial charge in [0.05, 0.1) is 17.9 Å². The molecule has 3 aromatic rings. The summed E-state index contributed by atoms with van der Waals surface area (Å²) < 4.78 is 11.2. The molecule has 0 bridgehead atoms. The number of aryl methyl sites for hydroxylation is 2. The van der Waals surface area contributed by atoms with E-state index in [4.69, 9.17) is 9.15 Å². The first kappa shape index (κ1) is 16.1. The normalized spacial score (nSPS) is 10.9. The van der Waals surface area contributed by atoms with Crippen molar-refractivity contribution in [3.8, 4) is 16.9 Å². The number of ether oxygens (including phenoxy) is 1. The fourth-order valence-electron chi connectivity index (χ4n) is 3.03. The maximum Gasteiger partial charge on any atom is 0.190 e. The molecule has 0 saturated heterocycles. The molecule has 0 spiro atoms. The Hall–Kier alpha value is -2.75. The molecule has 4 heteroatoms. The smallest absolute Gasteiger partial charge is 0.190 e. The van der Waals surface area contributed by atoms with Gasteiger partial charge in [0.2, 0.25) is 0 Å². The van der Waals surface area contributed by atoms with Gasteiger partial charge in [-0.25, -0.2) is 0 Å². The van der Waals surface area contributed by atoms with E-state index in [1.165, 1.54) is 0 Å². The van der Waals surface area contributed by atoms with Crippen LogP contribution < -0.4 is 15.1 Å². The highest BCUT2D eigenvalue weighted by Crippen LogP contribution is 2.33. The van der Waals surface area contributed by atoms with Gasteiger partial charge in [-0.2, -0.15) is 0 Å². The van der Waals surface area contributed by atoms with Crippen LogP contribution in [0, 0.1) is 13.8 Å². The Bertz CT molecular complexity index is 953. The second-order valence-electron chi connectivity index (χ2n) is 6.08. The number of furan rings is 1. The zero-order valence-corrected chi connectivity index (χ0v) is 14.6. The van der Waals surface area contributed by atoms with E-state index >= 15 is 0 Å². The molecule has 0 aliphatic carbocycles. The lowest BCUT2D eigenvalue weighted by Crippen LogP contribution is -2.07. The van der Waals surface area contributed by atoms with Crippen LogP contribution in [0.25, 0.3) is 21.9 Å². The van der Waals surface area contributed by atoms with E-state index in [1.54, 1.807) is 13.2 Å². The van der Waals surface area contributed by atoms with Crippen LogP contribution in [-0.2, 0) is 0 Å². The number of hydrogen-bond donors (Lipinski definition) is 0. The SMILES string of the molecule is COc1cc(-c2ccc(N(C)C)cc2)cc(=O)c2c(C)oc(C)c12. The van der Waals surface area contributed by atoms with Gasteiger partial charge in [0.1, 0.15) is 17.3 Å². The molecule has 0 saturated carbocycles. The maximum atomic E-state index is 12.7. The van der Waals surface area contributed by atoms with E-state index in [0.29, 0.717) is 22.7 Å². The van der Waals surface area contributed by atoms with Crippen LogP contribution in [0.1, 0.15) is 11.5 Å². The molecule has 1 heterocycles. The summed E-state index contributed by atoms with van der Waals surface area (Å²) in [5.41, 5.74) is 2.85. The van der Waals surface area contributed by atoms with Crippen LogP contribution in [0.2, 0.25) is 0 Å². The number of methoxy groups -OCH3 is 1. The van der Waals surface area contributed by atoms with Crippen molar-refractivity contribution in [3.05, 3.63) is 58.1 Å². The molecule has 0 unspecified atom stereocenters. The van der Waals surface area contributed by atoms with Crippen molar-refractivity contribution in [1.29, 1.82) is 0 Å². The van der Waals surface area contributed by atoms with Crippen LogP contribution in [0.3, 0.4) is 0 Å². The lowest BCUT2D eigenvalue weighted by molar-refractivity contribution is 0.419. The first-order chi connectivity index (χ1) is 11.4. The number of rotatable bonds is 3. The molecular weight excluding hydrogens is 302 g/mol. The summed E-state index contributed by atoms with van der Waals surface area (Å²) in [6.45, 7) is 3.66. The Kier molecular flexibility index (Phi) is 4.06. The zero-order chi connectivity index (χ0) is 17.4. The molecule has 124 valence electrons. The number of hydrogen-bond acceptors (Lipinski definition) is 4. The van der Waals surface area contributed by atoms with E-state index in [2.05, 4.69) is 0 Å². The van der Waals surface area contributed by atoms with Gasteiger partial charge in [-0.3, -0.25) is 4.79 Å². The van der Waals surface area contributed by atoms with Gasteiger partial charge in [-0.15, -0.1) is 0 Å². The first-order valence-electron chi connectivity index (χ1n) is 7.82. The zero-order valence-electron chi connectivity index (χ0n) is 14.6. The van der Waals surface area contributed by atoms with E-state index < -0.39 is 0 Å². The van der Waals surface area contributed by atoms with Crippen molar-refractivity contribution in [2.24, 2.45) is 0 Å². The highest BCUT2D eigenvalue weighted by Gasteiger charge is 2.15. The predicted octanol–water partition coefficient (Wildman–Crippen LogP) is 4.15.